The summed E-state index contributed by atoms with van der Waals surface area (Å²) < 4.78 is 40.5. The second kappa shape index (κ2) is 8.54. The van der Waals surface area contributed by atoms with E-state index in [1.54, 1.807) is 12.1 Å². The van der Waals surface area contributed by atoms with Crippen molar-refractivity contribution in [3.8, 4) is 17.2 Å². The number of methoxy groups -OCH3 is 3. The van der Waals surface area contributed by atoms with E-state index in [1.807, 2.05) is 0 Å². The van der Waals surface area contributed by atoms with Gasteiger partial charge in [0.2, 0.25) is 0 Å². The molecule has 0 amide bonds. The van der Waals surface area contributed by atoms with Crippen molar-refractivity contribution in [3.05, 3.63) is 63.0 Å². The Hall–Kier alpha value is -3.07. The van der Waals surface area contributed by atoms with Crippen LogP contribution in [-0.4, -0.2) is 34.7 Å². The summed E-state index contributed by atoms with van der Waals surface area (Å²) in [6, 6.07) is 8.60. The number of nitro benzene ring substituents is 1. The van der Waals surface area contributed by atoms with Crippen LogP contribution in [-0.2, 0) is 15.6 Å². The molecule has 2 rings (SSSR count). The third-order valence-electron chi connectivity index (χ3n) is 3.71. The zero-order chi connectivity index (χ0) is 20.0. The Morgan fingerprint density at radius 3 is 2.00 bits per heavy atom. The van der Waals surface area contributed by atoms with E-state index in [2.05, 4.69) is 0 Å². The molecule has 0 saturated heterocycles. The van der Waals surface area contributed by atoms with Gasteiger partial charge in [0, 0.05) is 29.7 Å². The van der Waals surface area contributed by atoms with Crippen molar-refractivity contribution in [2.45, 2.75) is 5.75 Å². The molecule has 0 aliphatic carbocycles. The molecular weight excluding hydrogens is 374 g/mol. The van der Waals surface area contributed by atoms with Gasteiger partial charge < -0.3 is 14.2 Å². The highest BCUT2D eigenvalue weighted by atomic mass is 32.2. The lowest BCUT2D eigenvalue weighted by Gasteiger charge is -2.12. The maximum absolute atomic E-state index is 12.4. The molecule has 0 fully saturated rings. The monoisotopic (exact) mass is 393 g/mol. The first kappa shape index (κ1) is 20.2. The van der Waals surface area contributed by atoms with Crippen molar-refractivity contribution in [2.24, 2.45) is 0 Å². The van der Waals surface area contributed by atoms with Crippen LogP contribution in [0.4, 0.5) is 5.69 Å². The summed E-state index contributed by atoms with van der Waals surface area (Å²) in [6.45, 7) is 0. The van der Waals surface area contributed by atoms with Crippen molar-refractivity contribution in [3.63, 3.8) is 0 Å². The summed E-state index contributed by atoms with van der Waals surface area (Å²) in [5.41, 5.74) is 0.798. The molecule has 0 bridgehead atoms. The smallest absolute Gasteiger partial charge is 0.269 e. The van der Waals surface area contributed by atoms with E-state index < -0.39 is 14.8 Å². The summed E-state index contributed by atoms with van der Waals surface area (Å²) in [5, 5.41) is 11.7. The molecule has 9 heteroatoms. The van der Waals surface area contributed by atoms with Crippen molar-refractivity contribution in [2.75, 3.05) is 21.3 Å². The fourth-order valence-corrected chi connectivity index (χ4v) is 3.46. The second-order valence-electron chi connectivity index (χ2n) is 5.48. The number of rotatable bonds is 8. The third kappa shape index (κ3) is 5.20. The van der Waals surface area contributed by atoms with Gasteiger partial charge in [0.05, 0.1) is 37.6 Å². The topological polar surface area (TPSA) is 105 Å². The van der Waals surface area contributed by atoms with Gasteiger partial charge in [-0.25, -0.2) is 8.42 Å². The second-order valence-corrected chi connectivity index (χ2v) is 7.37. The van der Waals surface area contributed by atoms with Gasteiger partial charge in [0.25, 0.3) is 5.69 Å². The zero-order valence-corrected chi connectivity index (χ0v) is 15.9. The number of ether oxygens (including phenoxy) is 3. The minimum atomic E-state index is -3.62. The lowest BCUT2D eigenvalue weighted by Crippen LogP contribution is -2.01. The molecule has 0 aliphatic rings. The Morgan fingerprint density at radius 1 is 1.00 bits per heavy atom. The van der Waals surface area contributed by atoms with E-state index in [0.717, 1.165) is 5.41 Å². The van der Waals surface area contributed by atoms with E-state index in [-0.39, 0.29) is 11.4 Å². The number of hydrogen-bond acceptors (Lipinski definition) is 7. The Kier molecular flexibility index (Phi) is 6.40. The summed E-state index contributed by atoms with van der Waals surface area (Å²) >= 11 is 0. The van der Waals surface area contributed by atoms with Gasteiger partial charge in [-0.3, -0.25) is 10.1 Å². The van der Waals surface area contributed by atoms with E-state index in [1.165, 1.54) is 51.7 Å². The van der Waals surface area contributed by atoms with Crippen LogP contribution in [0.25, 0.3) is 6.08 Å². The van der Waals surface area contributed by atoms with Crippen molar-refractivity contribution in [1.82, 2.24) is 0 Å². The van der Waals surface area contributed by atoms with Crippen LogP contribution >= 0.6 is 0 Å². The highest BCUT2D eigenvalue weighted by molar-refractivity contribution is 7.93. The molecule has 0 heterocycles. The van der Waals surface area contributed by atoms with E-state index in [9.17, 15) is 18.5 Å². The highest BCUT2D eigenvalue weighted by Crippen LogP contribution is 2.35. The molecule has 0 radical (unpaired) electrons. The van der Waals surface area contributed by atoms with Gasteiger partial charge in [-0.2, -0.15) is 0 Å². The molecule has 2 aromatic rings. The number of benzene rings is 2. The predicted molar refractivity (Wildman–Crippen MR) is 101 cm³/mol. The Bertz CT molecular complexity index is 925. The maximum Gasteiger partial charge on any atom is 0.269 e. The zero-order valence-electron chi connectivity index (χ0n) is 15.0. The fourth-order valence-electron chi connectivity index (χ4n) is 2.36. The lowest BCUT2D eigenvalue weighted by atomic mass is 10.1. The first-order valence-corrected chi connectivity index (χ1v) is 9.45. The minimum absolute atomic E-state index is 0.0978. The van der Waals surface area contributed by atoms with Gasteiger partial charge in [0.15, 0.2) is 9.84 Å². The van der Waals surface area contributed by atoms with Crippen LogP contribution in [0.2, 0.25) is 0 Å². The van der Waals surface area contributed by atoms with Crippen LogP contribution < -0.4 is 14.2 Å². The molecule has 0 aromatic heterocycles. The molecule has 0 saturated carbocycles. The maximum atomic E-state index is 12.4. The predicted octanol–water partition coefficient (Wildman–Crippen LogP) is 3.21. The first-order chi connectivity index (χ1) is 12.8. The van der Waals surface area contributed by atoms with E-state index >= 15 is 0 Å². The number of non-ortho nitro benzene ring substituents is 1. The van der Waals surface area contributed by atoms with Gasteiger partial charge in [-0.1, -0.05) is 12.1 Å². The first-order valence-electron chi connectivity index (χ1n) is 7.74. The molecule has 0 spiro atoms. The quantitative estimate of drug-likeness (QED) is 0.501. The summed E-state index contributed by atoms with van der Waals surface area (Å²) in [6.07, 6.45) is 1.39. The summed E-state index contributed by atoms with van der Waals surface area (Å²) in [5.74, 6) is 1.01. The third-order valence-corrected chi connectivity index (χ3v) is 5.00. The number of nitro groups is 1. The number of hydrogen-bond donors (Lipinski definition) is 0. The Labute approximate surface area is 157 Å². The highest BCUT2D eigenvalue weighted by Gasteiger charge is 2.14. The lowest BCUT2D eigenvalue weighted by molar-refractivity contribution is -0.384. The average molecular weight is 393 g/mol. The number of sulfone groups is 1. The molecule has 2 aromatic carbocycles. The molecular formula is C18H19NO7S. The molecule has 144 valence electrons. The van der Waals surface area contributed by atoms with Crippen LogP contribution in [0, 0.1) is 10.1 Å². The molecule has 0 N–H and O–H groups in total. The largest absolute Gasteiger partial charge is 0.496 e. The molecule has 0 atom stereocenters. The fraction of sp³-hybridized carbons (Fsp3) is 0.222. The average Bonchev–Trinajstić information content (AvgIpc) is 2.65. The Balaban J connectivity index is 2.29. The van der Waals surface area contributed by atoms with E-state index in [4.69, 9.17) is 14.2 Å². The Morgan fingerprint density at radius 2 is 1.56 bits per heavy atom. The molecule has 0 unspecified atom stereocenters. The molecule has 27 heavy (non-hydrogen) atoms. The molecule has 8 nitrogen and oxygen atoms in total. The van der Waals surface area contributed by atoms with Gasteiger partial charge >= 0.3 is 0 Å². The van der Waals surface area contributed by atoms with Crippen molar-refractivity contribution < 1.29 is 27.6 Å². The minimum Gasteiger partial charge on any atom is -0.496 e. The van der Waals surface area contributed by atoms with Gasteiger partial charge in [0.1, 0.15) is 17.2 Å². The van der Waals surface area contributed by atoms with Crippen molar-refractivity contribution >= 4 is 21.6 Å². The van der Waals surface area contributed by atoms with Gasteiger partial charge in [-0.05, 0) is 11.6 Å². The number of nitrogens with zero attached hydrogens (tertiary/aromatic N) is 1. The SMILES string of the molecule is COc1cc(OC)c(/C=C/S(=O)(=O)Cc2ccc([N+](=O)[O-])cc2)c(OC)c1. The summed E-state index contributed by atoms with van der Waals surface area (Å²) in [4.78, 5) is 10.1. The van der Waals surface area contributed by atoms with Gasteiger partial charge in [-0.15, -0.1) is 0 Å². The normalized spacial score (nSPS) is 11.4. The van der Waals surface area contributed by atoms with Crippen molar-refractivity contribution in [1.29, 1.82) is 0 Å². The van der Waals surface area contributed by atoms with Crippen LogP contribution in [0.1, 0.15) is 11.1 Å². The van der Waals surface area contributed by atoms with Crippen LogP contribution in [0.15, 0.2) is 41.8 Å². The van der Waals surface area contributed by atoms with Crippen LogP contribution in [0.3, 0.4) is 0 Å². The van der Waals surface area contributed by atoms with Crippen LogP contribution in [0.5, 0.6) is 17.2 Å². The standard InChI is InChI=1S/C18H19NO7S/c1-24-15-10-17(25-2)16(18(11-15)26-3)8-9-27(22,23)12-13-4-6-14(7-5-13)19(20)21/h4-11H,12H2,1-3H3/b9-8+. The summed E-state index contributed by atoms with van der Waals surface area (Å²) in [7, 11) is 0.785. The van der Waals surface area contributed by atoms with E-state index in [0.29, 0.717) is 28.4 Å². The molecule has 0 aliphatic heterocycles.